The molecule has 0 aromatic heterocycles. The van der Waals surface area contributed by atoms with Crippen molar-refractivity contribution in [1.29, 1.82) is 0 Å². The summed E-state index contributed by atoms with van der Waals surface area (Å²) in [5.74, 6) is 2.04. The molecule has 0 spiro atoms. The molecule has 1 aliphatic rings. The summed E-state index contributed by atoms with van der Waals surface area (Å²) in [7, 11) is 0. The third kappa shape index (κ3) is 3.52. The van der Waals surface area contributed by atoms with Gasteiger partial charge in [-0.3, -0.25) is 4.79 Å². The standard InChI is InChI=1S/C15H21NOS/c1-2-3-10-18-12-15(17)16-9-8-13-6-4-5-7-14(13)11-16/h4-7H,2-3,8-12H2,1H3. The molecule has 1 amide bonds. The van der Waals surface area contributed by atoms with Gasteiger partial charge in [-0.1, -0.05) is 37.6 Å². The SMILES string of the molecule is CCCCSCC(=O)N1CCc2ccccc2C1. The van der Waals surface area contributed by atoms with Gasteiger partial charge in [0.1, 0.15) is 0 Å². The number of unbranched alkanes of at least 4 members (excludes halogenated alkanes) is 1. The Morgan fingerprint density at radius 2 is 2.11 bits per heavy atom. The maximum atomic E-state index is 12.1. The van der Waals surface area contributed by atoms with E-state index in [0.717, 1.165) is 25.3 Å². The second kappa shape index (κ2) is 6.83. The van der Waals surface area contributed by atoms with Gasteiger partial charge in [0.25, 0.3) is 0 Å². The number of amides is 1. The van der Waals surface area contributed by atoms with E-state index in [9.17, 15) is 4.79 Å². The predicted molar refractivity (Wildman–Crippen MR) is 77.8 cm³/mol. The third-order valence-corrected chi connectivity index (χ3v) is 4.38. The Morgan fingerprint density at radius 3 is 2.89 bits per heavy atom. The molecule has 0 atom stereocenters. The monoisotopic (exact) mass is 263 g/mol. The minimum Gasteiger partial charge on any atom is -0.337 e. The van der Waals surface area contributed by atoms with Crippen molar-refractivity contribution in [2.24, 2.45) is 0 Å². The zero-order chi connectivity index (χ0) is 12.8. The summed E-state index contributed by atoms with van der Waals surface area (Å²) in [5.41, 5.74) is 2.72. The maximum Gasteiger partial charge on any atom is 0.232 e. The average molecular weight is 263 g/mol. The maximum absolute atomic E-state index is 12.1. The highest BCUT2D eigenvalue weighted by Gasteiger charge is 2.19. The van der Waals surface area contributed by atoms with Gasteiger partial charge in [-0.15, -0.1) is 0 Å². The van der Waals surface area contributed by atoms with Gasteiger partial charge in [0.15, 0.2) is 0 Å². The zero-order valence-electron chi connectivity index (χ0n) is 11.0. The Morgan fingerprint density at radius 1 is 1.33 bits per heavy atom. The summed E-state index contributed by atoms with van der Waals surface area (Å²) in [4.78, 5) is 14.1. The summed E-state index contributed by atoms with van der Waals surface area (Å²) in [6, 6.07) is 8.45. The van der Waals surface area contributed by atoms with E-state index >= 15 is 0 Å². The first-order chi connectivity index (χ1) is 8.81. The van der Waals surface area contributed by atoms with Crippen molar-refractivity contribution in [2.45, 2.75) is 32.7 Å². The molecule has 3 heteroatoms. The van der Waals surface area contributed by atoms with Gasteiger partial charge in [0.2, 0.25) is 5.91 Å². The van der Waals surface area contributed by atoms with Gasteiger partial charge in [-0.05, 0) is 29.7 Å². The Hall–Kier alpha value is -0.960. The summed E-state index contributed by atoms with van der Waals surface area (Å²) in [5, 5.41) is 0. The molecule has 0 fully saturated rings. The molecule has 2 nitrogen and oxygen atoms in total. The second-order valence-corrected chi connectivity index (χ2v) is 5.85. The van der Waals surface area contributed by atoms with Crippen LogP contribution in [-0.2, 0) is 17.8 Å². The van der Waals surface area contributed by atoms with Crippen LogP contribution >= 0.6 is 11.8 Å². The van der Waals surface area contributed by atoms with Crippen LogP contribution in [0.1, 0.15) is 30.9 Å². The molecule has 18 heavy (non-hydrogen) atoms. The number of rotatable bonds is 5. The van der Waals surface area contributed by atoms with Gasteiger partial charge < -0.3 is 4.90 Å². The molecule has 0 saturated heterocycles. The number of thioether (sulfide) groups is 1. The van der Waals surface area contributed by atoms with Gasteiger partial charge >= 0.3 is 0 Å². The molecular formula is C15H21NOS. The fourth-order valence-electron chi connectivity index (χ4n) is 2.21. The highest BCUT2D eigenvalue weighted by molar-refractivity contribution is 7.99. The molecule has 0 radical (unpaired) electrons. The smallest absolute Gasteiger partial charge is 0.232 e. The normalized spacial score (nSPS) is 14.4. The van der Waals surface area contributed by atoms with Gasteiger partial charge in [0.05, 0.1) is 5.75 Å². The summed E-state index contributed by atoms with van der Waals surface area (Å²) in [6.45, 7) is 3.86. The Kier molecular flexibility index (Phi) is 5.12. The number of carbonyl (C=O) groups is 1. The van der Waals surface area contributed by atoms with E-state index in [2.05, 4.69) is 31.2 Å². The van der Waals surface area contributed by atoms with Crippen LogP contribution in [0.4, 0.5) is 0 Å². The van der Waals surface area contributed by atoms with Crippen LogP contribution < -0.4 is 0 Å². The van der Waals surface area contributed by atoms with Crippen molar-refractivity contribution in [2.75, 3.05) is 18.1 Å². The number of hydrogen-bond acceptors (Lipinski definition) is 2. The van der Waals surface area contributed by atoms with Gasteiger partial charge in [0, 0.05) is 13.1 Å². The average Bonchev–Trinajstić information content (AvgIpc) is 2.43. The van der Waals surface area contributed by atoms with E-state index in [1.807, 2.05) is 4.90 Å². The quantitative estimate of drug-likeness (QED) is 0.761. The molecule has 0 N–H and O–H groups in total. The Balaban J connectivity index is 1.83. The minimum atomic E-state index is 0.297. The van der Waals surface area contributed by atoms with Crippen LogP contribution in [0.5, 0.6) is 0 Å². The lowest BCUT2D eigenvalue weighted by atomic mass is 10.00. The van der Waals surface area contributed by atoms with Crippen LogP contribution in [0.15, 0.2) is 24.3 Å². The van der Waals surface area contributed by atoms with Crippen LogP contribution in [0, 0.1) is 0 Å². The number of carbonyl (C=O) groups excluding carboxylic acids is 1. The largest absolute Gasteiger partial charge is 0.337 e. The first-order valence-electron chi connectivity index (χ1n) is 6.73. The lowest BCUT2D eigenvalue weighted by Crippen LogP contribution is -2.37. The first-order valence-corrected chi connectivity index (χ1v) is 7.89. The molecule has 0 aliphatic carbocycles. The highest BCUT2D eigenvalue weighted by Crippen LogP contribution is 2.19. The van der Waals surface area contributed by atoms with E-state index in [4.69, 9.17) is 0 Å². The van der Waals surface area contributed by atoms with Crippen LogP contribution in [0.2, 0.25) is 0 Å². The molecule has 1 heterocycles. The Bertz CT molecular complexity index is 405. The highest BCUT2D eigenvalue weighted by atomic mass is 32.2. The zero-order valence-corrected chi connectivity index (χ0v) is 11.8. The van der Waals surface area contributed by atoms with E-state index < -0.39 is 0 Å². The van der Waals surface area contributed by atoms with Crippen molar-refractivity contribution in [3.05, 3.63) is 35.4 Å². The fraction of sp³-hybridized carbons (Fsp3) is 0.533. The van der Waals surface area contributed by atoms with Crippen molar-refractivity contribution < 1.29 is 4.79 Å². The van der Waals surface area contributed by atoms with Gasteiger partial charge in [-0.25, -0.2) is 0 Å². The van der Waals surface area contributed by atoms with E-state index in [0.29, 0.717) is 11.7 Å². The molecule has 0 saturated carbocycles. The van der Waals surface area contributed by atoms with E-state index in [1.165, 1.54) is 24.0 Å². The molecule has 0 bridgehead atoms. The molecule has 0 unspecified atom stereocenters. The van der Waals surface area contributed by atoms with Crippen molar-refractivity contribution >= 4 is 17.7 Å². The predicted octanol–water partition coefficient (Wildman–Crippen LogP) is 3.10. The Labute approximate surface area is 114 Å². The molecule has 1 aromatic rings. The molecule has 98 valence electrons. The summed E-state index contributed by atoms with van der Waals surface area (Å²) in [6.07, 6.45) is 3.42. The lowest BCUT2D eigenvalue weighted by molar-refractivity contribution is -0.129. The topological polar surface area (TPSA) is 20.3 Å². The van der Waals surface area contributed by atoms with Crippen molar-refractivity contribution in [3.63, 3.8) is 0 Å². The van der Waals surface area contributed by atoms with Crippen LogP contribution in [0.3, 0.4) is 0 Å². The second-order valence-electron chi connectivity index (χ2n) is 4.74. The number of hydrogen-bond donors (Lipinski definition) is 0. The van der Waals surface area contributed by atoms with Crippen LogP contribution in [0.25, 0.3) is 0 Å². The molecule has 1 aliphatic heterocycles. The van der Waals surface area contributed by atoms with E-state index in [-0.39, 0.29) is 0 Å². The van der Waals surface area contributed by atoms with Crippen molar-refractivity contribution in [3.8, 4) is 0 Å². The van der Waals surface area contributed by atoms with Gasteiger partial charge in [-0.2, -0.15) is 11.8 Å². The number of nitrogens with zero attached hydrogens (tertiary/aromatic N) is 1. The summed E-state index contributed by atoms with van der Waals surface area (Å²) >= 11 is 1.77. The van der Waals surface area contributed by atoms with Crippen LogP contribution in [-0.4, -0.2) is 28.9 Å². The lowest BCUT2D eigenvalue weighted by Gasteiger charge is -2.28. The third-order valence-electron chi connectivity index (χ3n) is 3.35. The summed E-state index contributed by atoms with van der Waals surface area (Å²) < 4.78 is 0. The van der Waals surface area contributed by atoms with Crippen molar-refractivity contribution in [1.82, 2.24) is 4.90 Å². The molecule has 1 aromatic carbocycles. The molecular weight excluding hydrogens is 242 g/mol. The van der Waals surface area contributed by atoms with E-state index in [1.54, 1.807) is 11.8 Å². The first kappa shape index (κ1) is 13.5. The number of benzene rings is 1. The molecule has 2 rings (SSSR count). The minimum absolute atomic E-state index is 0.297. The fourth-order valence-corrected chi connectivity index (χ4v) is 3.20. The number of fused-ring (bicyclic) bond motifs is 1.